The lowest BCUT2D eigenvalue weighted by molar-refractivity contribution is -0.833. The molecule has 0 aliphatic carbocycles. The number of rotatable bonds is 17. The Morgan fingerprint density at radius 2 is 1.32 bits per heavy atom. The smallest absolute Gasteiger partial charge is 0.198 e. The van der Waals surface area contributed by atoms with Crippen LogP contribution in [0.3, 0.4) is 0 Å². The van der Waals surface area contributed by atoms with Crippen LogP contribution < -0.4 is 5.73 Å². The molecule has 0 saturated heterocycles. The molecule has 0 aromatic carbocycles. The summed E-state index contributed by atoms with van der Waals surface area (Å²) >= 11 is 0. The van der Waals surface area contributed by atoms with E-state index in [4.69, 9.17) is 10.7 Å². The largest absolute Gasteiger partial charge is 0.326 e. The minimum absolute atomic E-state index is 0.783. The average molecular weight is 353 g/mol. The third-order valence-electron chi connectivity index (χ3n) is 6.04. The summed E-state index contributed by atoms with van der Waals surface area (Å²) in [6.07, 6.45) is 19.7. The van der Waals surface area contributed by atoms with Crippen LogP contribution in [-0.4, -0.2) is 43.0 Å². The molecule has 0 saturated carbocycles. The molecule has 1 atom stereocenters. The van der Waals surface area contributed by atoms with E-state index in [-0.39, 0.29) is 0 Å². The Morgan fingerprint density at radius 1 is 0.800 bits per heavy atom. The number of nitrogens with two attached hydrogens (primary N) is 1. The Labute approximate surface area is 158 Å². The van der Waals surface area contributed by atoms with Crippen molar-refractivity contribution in [2.24, 2.45) is 10.7 Å². The third-order valence-corrected chi connectivity index (χ3v) is 6.04. The van der Waals surface area contributed by atoms with Crippen molar-refractivity contribution in [3.8, 4) is 0 Å². The lowest BCUT2D eigenvalue weighted by Crippen LogP contribution is -2.53. The van der Waals surface area contributed by atoms with E-state index in [1.165, 1.54) is 102 Å². The van der Waals surface area contributed by atoms with Gasteiger partial charge in [0.2, 0.25) is 0 Å². The molecule has 2 N–H and O–H groups in total. The summed E-state index contributed by atoms with van der Waals surface area (Å²) in [5.74, 6) is 1.44. The Bertz CT molecular complexity index is 340. The molecule has 0 bridgehead atoms. The maximum atomic E-state index is 5.84. The van der Waals surface area contributed by atoms with Gasteiger partial charge in [-0.1, -0.05) is 84.0 Å². The maximum absolute atomic E-state index is 5.84. The normalized spacial score (nSPS) is 20.2. The summed E-state index contributed by atoms with van der Waals surface area (Å²) in [6.45, 7) is 9.80. The average Bonchev–Trinajstić information content (AvgIpc) is 3.02. The lowest BCUT2D eigenvalue weighted by atomic mass is 10.0. The predicted octanol–water partition coefficient (Wildman–Crippen LogP) is 5.68. The highest BCUT2D eigenvalue weighted by Gasteiger charge is 2.34. The molecule has 0 radical (unpaired) electrons. The predicted molar refractivity (Wildman–Crippen MR) is 112 cm³/mol. The van der Waals surface area contributed by atoms with Crippen molar-refractivity contribution < 1.29 is 4.48 Å². The van der Waals surface area contributed by atoms with Crippen LogP contribution in [0.5, 0.6) is 0 Å². The number of unbranched alkanes of at least 4 members (excludes halogenated alkanes) is 12. The molecule has 0 fully saturated rings. The van der Waals surface area contributed by atoms with Gasteiger partial charge in [-0.25, -0.2) is 4.99 Å². The molecule has 25 heavy (non-hydrogen) atoms. The molecule has 0 aromatic rings. The van der Waals surface area contributed by atoms with Crippen molar-refractivity contribution in [2.45, 2.75) is 104 Å². The zero-order chi connectivity index (χ0) is 18.2. The summed E-state index contributed by atoms with van der Waals surface area (Å²) in [4.78, 5) is 4.81. The number of hydrogen-bond acceptors (Lipinski definition) is 2. The van der Waals surface area contributed by atoms with Crippen molar-refractivity contribution in [1.82, 2.24) is 0 Å². The number of nitrogens with zero attached hydrogens (tertiary/aromatic N) is 2. The van der Waals surface area contributed by atoms with Gasteiger partial charge in [0.1, 0.15) is 6.54 Å². The molecule has 0 spiro atoms. The van der Waals surface area contributed by atoms with Crippen molar-refractivity contribution in [1.29, 1.82) is 0 Å². The fraction of sp³-hybridized carbons (Fsp3) is 0.955. The molecule has 1 rings (SSSR count). The van der Waals surface area contributed by atoms with E-state index >= 15 is 0 Å². The number of hydrogen-bond donors (Lipinski definition) is 1. The van der Waals surface area contributed by atoms with Crippen LogP contribution in [0.15, 0.2) is 4.99 Å². The van der Waals surface area contributed by atoms with Crippen molar-refractivity contribution in [2.75, 3.05) is 32.7 Å². The quantitative estimate of drug-likeness (QED) is 0.265. The van der Waals surface area contributed by atoms with E-state index in [9.17, 15) is 0 Å². The maximum Gasteiger partial charge on any atom is 0.198 e. The summed E-state index contributed by atoms with van der Waals surface area (Å²) in [7, 11) is 0. The lowest BCUT2D eigenvalue weighted by Gasteiger charge is -2.33. The number of quaternary nitrogens is 1. The molecule has 1 heterocycles. The van der Waals surface area contributed by atoms with Crippen LogP contribution in [0, 0.1) is 0 Å². The van der Waals surface area contributed by atoms with E-state index in [0.29, 0.717) is 0 Å². The number of aliphatic imine (C=N–C) groups is 1. The fourth-order valence-electron chi connectivity index (χ4n) is 4.25. The highest BCUT2D eigenvalue weighted by Crippen LogP contribution is 2.20. The zero-order valence-corrected chi connectivity index (χ0v) is 17.4. The number of amidine groups is 1. The molecule has 0 amide bonds. The van der Waals surface area contributed by atoms with Crippen LogP contribution in [-0.2, 0) is 0 Å². The molecule has 3 nitrogen and oxygen atoms in total. The molecule has 148 valence electrons. The Kier molecular flexibility index (Phi) is 13.3. The Morgan fingerprint density at radius 3 is 1.80 bits per heavy atom. The minimum Gasteiger partial charge on any atom is -0.326 e. The van der Waals surface area contributed by atoms with Gasteiger partial charge in [-0.05, 0) is 13.3 Å². The first-order valence-electron chi connectivity index (χ1n) is 11.4. The molecule has 1 aliphatic heterocycles. The van der Waals surface area contributed by atoms with Crippen molar-refractivity contribution >= 4 is 5.84 Å². The third kappa shape index (κ3) is 9.19. The van der Waals surface area contributed by atoms with Crippen LogP contribution in [0.2, 0.25) is 0 Å². The highest BCUT2D eigenvalue weighted by molar-refractivity contribution is 5.76. The van der Waals surface area contributed by atoms with Crippen LogP contribution in [0.4, 0.5) is 0 Å². The van der Waals surface area contributed by atoms with E-state index in [0.717, 1.165) is 30.7 Å². The molecular weight excluding hydrogens is 306 g/mol. The molecule has 1 aliphatic rings. The van der Waals surface area contributed by atoms with Gasteiger partial charge in [-0.2, -0.15) is 0 Å². The zero-order valence-electron chi connectivity index (χ0n) is 17.4. The second-order valence-corrected chi connectivity index (χ2v) is 7.99. The van der Waals surface area contributed by atoms with Crippen LogP contribution >= 0.6 is 0 Å². The summed E-state index contributed by atoms with van der Waals surface area (Å²) < 4.78 is 1.08. The van der Waals surface area contributed by atoms with Gasteiger partial charge in [0.05, 0.1) is 19.6 Å². The first kappa shape index (κ1) is 22.6. The first-order valence-corrected chi connectivity index (χ1v) is 11.4. The molecule has 1 unspecified atom stereocenters. The van der Waals surface area contributed by atoms with Gasteiger partial charge in [0.15, 0.2) is 5.84 Å². The molecular formula is C22H46N3+. The van der Waals surface area contributed by atoms with Gasteiger partial charge < -0.3 is 5.73 Å². The summed E-state index contributed by atoms with van der Waals surface area (Å²) in [5.41, 5.74) is 5.84. The summed E-state index contributed by atoms with van der Waals surface area (Å²) in [6, 6.07) is 0. The second-order valence-electron chi connectivity index (χ2n) is 7.99. The van der Waals surface area contributed by atoms with Crippen LogP contribution in [0.25, 0.3) is 0 Å². The second kappa shape index (κ2) is 14.7. The number of likely N-dealkylation sites (N-methyl/N-ethyl adjacent to an activating group) is 1. The Hall–Kier alpha value is -0.410. The monoisotopic (exact) mass is 352 g/mol. The van der Waals surface area contributed by atoms with E-state index in [2.05, 4.69) is 13.8 Å². The fourth-order valence-corrected chi connectivity index (χ4v) is 4.25. The van der Waals surface area contributed by atoms with Crippen molar-refractivity contribution in [3.05, 3.63) is 0 Å². The van der Waals surface area contributed by atoms with Gasteiger partial charge in [0.25, 0.3) is 0 Å². The Balaban J connectivity index is 1.93. The van der Waals surface area contributed by atoms with Crippen molar-refractivity contribution in [3.63, 3.8) is 0 Å². The summed E-state index contributed by atoms with van der Waals surface area (Å²) in [5, 5.41) is 0. The topological polar surface area (TPSA) is 38.4 Å². The van der Waals surface area contributed by atoms with E-state index in [1.807, 2.05) is 0 Å². The van der Waals surface area contributed by atoms with E-state index in [1.54, 1.807) is 0 Å². The standard InChI is InChI=1S/C22H46N3/c1-3-5-6-7-8-9-10-11-12-13-14-15-16-17-22-24-19-21-25(22,4-2)20-18-23/h3-21,23H2,1-2H3/q+1. The molecule has 0 aromatic heterocycles. The van der Waals surface area contributed by atoms with Gasteiger partial charge in [0, 0.05) is 13.0 Å². The SMILES string of the molecule is CCCCCCCCCCCCCCCC1=NCC[N+]1(CC)CCN. The van der Waals surface area contributed by atoms with Gasteiger partial charge in [-0.3, -0.25) is 4.48 Å². The van der Waals surface area contributed by atoms with Crippen LogP contribution in [0.1, 0.15) is 104 Å². The van der Waals surface area contributed by atoms with Gasteiger partial charge >= 0.3 is 0 Å². The minimum atomic E-state index is 0.783. The van der Waals surface area contributed by atoms with E-state index < -0.39 is 0 Å². The molecule has 3 heteroatoms. The van der Waals surface area contributed by atoms with Gasteiger partial charge in [-0.15, -0.1) is 0 Å². The highest BCUT2D eigenvalue weighted by atomic mass is 15.4. The first-order chi connectivity index (χ1) is 12.3.